The van der Waals surface area contributed by atoms with Crippen LogP contribution in [0.5, 0.6) is 11.5 Å². The fraction of sp³-hybridized carbons (Fsp3) is 0.318. The van der Waals surface area contributed by atoms with Gasteiger partial charge in [0, 0.05) is 18.2 Å². The number of aromatic nitrogens is 3. The first-order valence-electron chi connectivity index (χ1n) is 9.93. The lowest BCUT2D eigenvalue weighted by atomic mass is 10.1. The van der Waals surface area contributed by atoms with E-state index < -0.39 is 0 Å². The fourth-order valence-corrected chi connectivity index (χ4v) is 3.62. The van der Waals surface area contributed by atoms with Gasteiger partial charge in [0.25, 0.3) is 5.91 Å². The van der Waals surface area contributed by atoms with Crippen molar-refractivity contribution in [3.8, 4) is 22.9 Å². The number of carbonyl (C=O) groups is 1. The van der Waals surface area contributed by atoms with Gasteiger partial charge in [0.2, 0.25) is 5.95 Å². The van der Waals surface area contributed by atoms with Gasteiger partial charge in [-0.25, -0.2) is 0 Å². The number of amides is 1. The Bertz CT molecular complexity index is 1030. The SMILES string of the molecule is COc1ccc(-c2nc(NC(=O)c3cccc(CN4CCCC4)c3)n[nH]2)c(OC)c1. The molecule has 0 atom stereocenters. The number of aromatic amines is 1. The molecule has 1 aliphatic heterocycles. The Labute approximate surface area is 175 Å². The number of hydrogen-bond donors (Lipinski definition) is 2. The van der Waals surface area contributed by atoms with E-state index in [4.69, 9.17) is 9.47 Å². The predicted molar refractivity (Wildman–Crippen MR) is 114 cm³/mol. The summed E-state index contributed by atoms with van der Waals surface area (Å²) >= 11 is 0. The quantitative estimate of drug-likeness (QED) is 0.624. The van der Waals surface area contributed by atoms with Crippen LogP contribution in [-0.2, 0) is 6.54 Å². The number of likely N-dealkylation sites (tertiary alicyclic amines) is 1. The van der Waals surface area contributed by atoms with E-state index in [1.165, 1.54) is 12.8 Å². The van der Waals surface area contributed by atoms with E-state index in [2.05, 4.69) is 31.5 Å². The van der Waals surface area contributed by atoms with Crippen molar-refractivity contribution in [2.24, 2.45) is 0 Å². The van der Waals surface area contributed by atoms with Gasteiger partial charge in [0.1, 0.15) is 11.5 Å². The zero-order chi connectivity index (χ0) is 20.9. The summed E-state index contributed by atoms with van der Waals surface area (Å²) in [5, 5.41) is 9.72. The summed E-state index contributed by atoms with van der Waals surface area (Å²) < 4.78 is 10.6. The Balaban J connectivity index is 1.47. The van der Waals surface area contributed by atoms with E-state index in [1.807, 2.05) is 24.3 Å². The molecule has 8 heteroatoms. The van der Waals surface area contributed by atoms with Crippen molar-refractivity contribution < 1.29 is 14.3 Å². The van der Waals surface area contributed by atoms with E-state index in [-0.39, 0.29) is 11.9 Å². The van der Waals surface area contributed by atoms with Crippen LogP contribution < -0.4 is 14.8 Å². The molecular formula is C22H25N5O3. The number of hydrogen-bond acceptors (Lipinski definition) is 6. The van der Waals surface area contributed by atoms with Crippen LogP contribution in [0.2, 0.25) is 0 Å². The van der Waals surface area contributed by atoms with Gasteiger partial charge in [-0.3, -0.25) is 20.1 Å². The molecule has 1 aliphatic rings. The molecule has 0 aliphatic carbocycles. The fourth-order valence-electron chi connectivity index (χ4n) is 3.62. The Hall–Kier alpha value is -3.39. The number of carbonyl (C=O) groups excluding carboxylic acids is 1. The highest BCUT2D eigenvalue weighted by Gasteiger charge is 2.16. The van der Waals surface area contributed by atoms with Crippen molar-refractivity contribution in [2.75, 3.05) is 32.6 Å². The minimum Gasteiger partial charge on any atom is -0.497 e. The zero-order valence-electron chi connectivity index (χ0n) is 17.1. The molecule has 1 saturated heterocycles. The van der Waals surface area contributed by atoms with E-state index in [0.717, 1.165) is 30.8 Å². The van der Waals surface area contributed by atoms with Gasteiger partial charge in [-0.1, -0.05) is 12.1 Å². The molecule has 2 aromatic carbocycles. The predicted octanol–water partition coefficient (Wildman–Crippen LogP) is 3.34. The van der Waals surface area contributed by atoms with Crippen LogP contribution in [-0.4, -0.2) is 53.3 Å². The third-order valence-corrected chi connectivity index (χ3v) is 5.17. The number of nitrogens with zero attached hydrogens (tertiary/aromatic N) is 3. The van der Waals surface area contributed by atoms with Crippen LogP contribution in [0.25, 0.3) is 11.4 Å². The Morgan fingerprint density at radius 1 is 1.13 bits per heavy atom. The Morgan fingerprint density at radius 2 is 1.97 bits per heavy atom. The molecule has 0 spiro atoms. The van der Waals surface area contributed by atoms with Gasteiger partial charge in [-0.2, -0.15) is 4.98 Å². The van der Waals surface area contributed by atoms with Gasteiger partial charge < -0.3 is 9.47 Å². The van der Waals surface area contributed by atoms with Gasteiger partial charge >= 0.3 is 0 Å². The van der Waals surface area contributed by atoms with Crippen LogP contribution in [0.4, 0.5) is 5.95 Å². The van der Waals surface area contributed by atoms with Crippen molar-refractivity contribution in [3.05, 3.63) is 53.6 Å². The Morgan fingerprint density at radius 3 is 2.73 bits per heavy atom. The summed E-state index contributed by atoms with van der Waals surface area (Å²) in [6.07, 6.45) is 2.48. The number of nitrogens with one attached hydrogen (secondary N) is 2. The highest BCUT2D eigenvalue weighted by Crippen LogP contribution is 2.31. The molecule has 0 unspecified atom stereocenters. The highest BCUT2D eigenvalue weighted by atomic mass is 16.5. The molecule has 2 N–H and O–H groups in total. The van der Waals surface area contributed by atoms with Crippen molar-refractivity contribution in [1.29, 1.82) is 0 Å². The lowest BCUT2D eigenvalue weighted by Gasteiger charge is -2.14. The minimum atomic E-state index is -0.245. The molecule has 3 aromatic rings. The largest absolute Gasteiger partial charge is 0.497 e. The summed E-state index contributed by atoms with van der Waals surface area (Å²) in [6, 6.07) is 13.1. The van der Waals surface area contributed by atoms with Crippen molar-refractivity contribution in [3.63, 3.8) is 0 Å². The maximum Gasteiger partial charge on any atom is 0.258 e. The highest BCUT2D eigenvalue weighted by molar-refractivity contribution is 6.03. The topological polar surface area (TPSA) is 92.4 Å². The minimum absolute atomic E-state index is 0.206. The van der Waals surface area contributed by atoms with E-state index in [0.29, 0.717) is 22.9 Å². The first-order valence-corrected chi connectivity index (χ1v) is 9.93. The summed E-state index contributed by atoms with van der Waals surface area (Å²) in [7, 11) is 3.17. The summed E-state index contributed by atoms with van der Waals surface area (Å²) in [5.41, 5.74) is 2.43. The molecule has 8 nitrogen and oxygen atoms in total. The number of rotatable bonds is 7. The van der Waals surface area contributed by atoms with E-state index in [1.54, 1.807) is 26.4 Å². The maximum absolute atomic E-state index is 12.7. The summed E-state index contributed by atoms with van der Waals surface area (Å²) in [5.74, 6) is 1.73. The van der Waals surface area contributed by atoms with Crippen LogP contribution in [0, 0.1) is 0 Å². The standard InChI is InChI=1S/C22H25N5O3/c1-29-17-8-9-18(19(13-17)30-2)20-23-22(26-25-20)24-21(28)16-7-5-6-15(12-16)14-27-10-3-4-11-27/h5-9,12-13H,3-4,10-11,14H2,1-2H3,(H2,23,24,25,26,28). The van der Waals surface area contributed by atoms with Crippen molar-refractivity contribution in [1.82, 2.24) is 20.1 Å². The second-order valence-electron chi connectivity index (χ2n) is 7.21. The average molecular weight is 407 g/mol. The molecule has 156 valence electrons. The number of methoxy groups -OCH3 is 2. The van der Waals surface area contributed by atoms with Crippen LogP contribution in [0.1, 0.15) is 28.8 Å². The number of benzene rings is 2. The van der Waals surface area contributed by atoms with Crippen LogP contribution in [0.15, 0.2) is 42.5 Å². The van der Waals surface area contributed by atoms with Gasteiger partial charge in [0.15, 0.2) is 5.82 Å². The molecule has 1 fully saturated rings. The number of H-pyrrole nitrogens is 1. The molecule has 4 rings (SSSR count). The van der Waals surface area contributed by atoms with Gasteiger partial charge in [-0.15, -0.1) is 5.10 Å². The number of ether oxygens (including phenoxy) is 2. The first-order chi connectivity index (χ1) is 14.7. The Kier molecular flexibility index (Phi) is 5.94. The maximum atomic E-state index is 12.7. The molecular weight excluding hydrogens is 382 g/mol. The van der Waals surface area contributed by atoms with Gasteiger partial charge in [0.05, 0.1) is 19.8 Å². The lowest BCUT2D eigenvalue weighted by molar-refractivity contribution is 0.102. The van der Waals surface area contributed by atoms with E-state index >= 15 is 0 Å². The van der Waals surface area contributed by atoms with Crippen LogP contribution in [0.3, 0.4) is 0 Å². The zero-order valence-corrected chi connectivity index (χ0v) is 17.1. The molecule has 1 amide bonds. The summed E-state index contributed by atoms with van der Waals surface area (Å²) in [6.45, 7) is 3.10. The average Bonchev–Trinajstić information content (AvgIpc) is 3.45. The molecule has 30 heavy (non-hydrogen) atoms. The normalized spacial score (nSPS) is 13.9. The molecule has 2 heterocycles. The summed E-state index contributed by atoms with van der Waals surface area (Å²) in [4.78, 5) is 19.5. The third-order valence-electron chi connectivity index (χ3n) is 5.17. The lowest BCUT2D eigenvalue weighted by Crippen LogP contribution is -2.19. The first kappa shape index (κ1) is 19.9. The van der Waals surface area contributed by atoms with Gasteiger partial charge in [-0.05, 0) is 55.8 Å². The molecule has 0 radical (unpaired) electrons. The number of anilines is 1. The monoisotopic (exact) mass is 407 g/mol. The third kappa shape index (κ3) is 4.44. The molecule has 0 saturated carbocycles. The second kappa shape index (κ2) is 8.96. The van der Waals surface area contributed by atoms with Crippen LogP contribution >= 0.6 is 0 Å². The van der Waals surface area contributed by atoms with E-state index in [9.17, 15) is 4.79 Å². The molecule has 0 bridgehead atoms. The van der Waals surface area contributed by atoms with Crippen molar-refractivity contribution >= 4 is 11.9 Å². The van der Waals surface area contributed by atoms with Crippen molar-refractivity contribution in [2.45, 2.75) is 19.4 Å². The smallest absolute Gasteiger partial charge is 0.258 e. The molecule has 1 aromatic heterocycles. The second-order valence-corrected chi connectivity index (χ2v) is 7.21.